The fraction of sp³-hybridized carbons (Fsp3) is 0.467. The summed E-state index contributed by atoms with van der Waals surface area (Å²) in [7, 11) is 0. The summed E-state index contributed by atoms with van der Waals surface area (Å²) in [6.07, 6.45) is 0. The van der Waals surface area contributed by atoms with Gasteiger partial charge in [-0.3, -0.25) is 4.79 Å². The van der Waals surface area contributed by atoms with E-state index in [0.29, 0.717) is 31.2 Å². The van der Waals surface area contributed by atoms with Crippen molar-refractivity contribution in [1.82, 2.24) is 16.0 Å². The predicted molar refractivity (Wildman–Crippen MR) is 98.1 cm³/mol. The lowest BCUT2D eigenvalue weighted by molar-refractivity contribution is -0.119. The third kappa shape index (κ3) is 7.58. The number of benzene rings is 1. The van der Waals surface area contributed by atoms with Gasteiger partial charge in [-0.15, -0.1) is 24.0 Å². The number of likely N-dealkylation sites (N-methyl/N-ethyl adjacent to an activating group) is 1. The van der Waals surface area contributed by atoms with Gasteiger partial charge in [0.2, 0.25) is 5.91 Å². The van der Waals surface area contributed by atoms with Gasteiger partial charge in [0.25, 0.3) is 0 Å². The molecule has 0 fully saturated rings. The van der Waals surface area contributed by atoms with Crippen molar-refractivity contribution < 1.29 is 9.18 Å². The number of carbonyl (C=O) groups excluding carboxylic acids is 1. The molecule has 0 bridgehead atoms. The summed E-state index contributed by atoms with van der Waals surface area (Å²) in [6, 6.07) is 5.05. The van der Waals surface area contributed by atoms with Crippen LogP contribution in [0.25, 0.3) is 0 Å². The van der Waals surface area contributed by atoms with E-state index in [0.717, 1.165) is 5.56 Å². The zero-order chi connectivity index (χ0) is 15.7. The molecule has 5 nitrogen and oxygen atoms in total. The minimum Gasteiger partial charge on any atom is -0.357 e. The number of aryl methyl sites for hydroxylation is 1. The van der Waals surface area contributed by atoms with Crippen LogP contribution in [0.1, 0.15) is 25.0 Å². The second-order valence-electron chi connectivity index (χ2n) is 4.59. The number of aliphatic imine (C=N–C) groups is 1. The first kappa shape index (κ1) is 20.6. The Morgan fingerprint density at radius 3 is 2.45 bits per heavy atom. The third-order valence-corrected chi connectivity index (χ3v) is 2.79. The fourth-order valence-electron chi connectivity index (χ4n) is 1.67. The molecule has 0 atom stereocenters. The molecule has 7 heteroatoms. The van der Waals surface area contributed by atoms with E-state index in [1.54, 1.807) is 13.0 Å². The summed E-state index contributed by atoms with van der Waals surface area (Å²) in [6.45, 7) is 7.31. The summed E-state index contributed by atoms with van der Waals surface area (Å²) in [5.41, 5.74) is 1.40. The SMILES string of the molecule is CCNC(=O)CNC(=NCc1ccc(C)c(F)c1)NCC.I. The average molecular weight is 422 g/mol. The lowest BCUT2D eigenvalue weighted by atomic mass is 10.1. The Hall–Kier alpha value is -1.38. The molecule has 0 heterocycles. The topological polar surface area (TPSA) is 65.5 Å². The largest absolute Gasteiger partial charge is 0.357 e. The van der Waals surface area contributed by atoms with Gasteiger partial charge in [-0.05, 0) is 38.0 Å². The minimum absolute atomic E-state index is 0. The van der Waals surface area contributed by atoms with Gasteiger partial charge in [-0.25, -0.2) is 9.38 Å². The monoisotopic (exact) mass is 422 g/mol. The van der Waals surface area contributed by atoms with E-state index in [-0.39, 0.29) is 42.2 Å². The average Bonchev–Trinajstić information content (AvgIpc) is 2.46. The lowest BCUT2D eigenvalue weighted by Gasteiger charge is -2.11. The summed E-state index contributed by atoms with van der Waals surface area (Å²) >= 11 is 0. The van der Waals surface area contributed by atoms with Gasteiger partial charge >= 0.3 is 0 Å². The highest BCUT2D eigenvalue weighted by molar-refractivity contribution is 14.0. The Balaban J connectivity index is 0.00000441. The smallest absolute Gasteiger partial charge is 0.239 e. The number of halogens is 2. The molecule has 3 N–H and O–H groups in total. The van der Waals surface area contributed by atoms with Crippen LogP contribution in [0.5, 0.6) is 0 Å². The van der Waals surface area contributed by atoms with Gasteiger partial charge in [0.1, 0.15) is 5.82 Å². The standard InChI is InChI=1S/C15H23FN4O.HI/c1-4-17-14(21)10-20-15(18-5-2)19-9-12-7-6-11(3)13(16)8-12;/h6-8H,4-5,9-10H2,1-3H3,(H,17,21)(H2,18,19,20);1H. The van der Waals surface area contributed by atoms with Gasteiger partial charge in [0, 0.05) is 13.1 Å². The maximum Gasteiger partial charge on any atom is 0.239 e. The van der Waals surface area contributed by atoms with Gasteiger partial charge in [0.15, 0.2) is 5.96 Å². The van der Waals surface area contributed by atoms with Crippen LogP contribution < -0.4 is 16.0 Å². The normalized spacial score (nSPS) is 10.6. The molecule has 0 saturated carbocycles. The lowest BCUT2D eigenvalue weighted by Crippen LogP contribution is -2.43. The molecule has 0 aliphatic carbocycles. The minimum atomic E-state index is -0.233. The molecule has 0 spiro atoms. The molecule has 0 aliphatic rings. The van der Waals surface area contributed by atoms with E-state index in [9.17, 15) is 9.18 Å². The Morgan fingerprint density at radius 2 is 1.86 bits per heavy atom. The second kappa shape index (κ2) is 11.2. The van der Waals surface area contributed by atoms with Crippen LogP contribution in [-0.4, -0.2) is 31.5 Å². The number of carbonyl (C=O) groups is 1. The highest BCUT2D eigenvalue weighted by Crippen LogP contribution is 2.09. The zero-order valence-electron chi connectivity index (χ0n) is 13.2. The molecule has 22 heavy (non-hydrogen) atoms. The number of rotatable bonds is 6. The van der Waals surface area contributed by atoms with Crippen molar-refractivity contribution in [2.45, 2.75) is 27.3 Å². The number of nitrogens with zero attached hydrogens (tertiary/aromatic N) is 1. The summed E-state index contributed by atoms with van der Waals surface area (Å²) in [5.74, 6) is 0.206. The van der Waals surface area contributed by atoms with Crippen molar-refractivity contribution in [3.05, 3.63) is 35.1 Å². The van der Waals surface area contributed by atoms with Crippen molar-refractivity contribution in [2.75, 3.05) is 19.6 Å². The summed E-state index contributed by atoms with van der Waals surface area (Å²) in [4.78, 5) is 15.7. The number of amides is 1. The molecule has 0 aromatic heterocycles. The molecule has 1 aromatic carbocycles. The van der Waals surface area contributed by atoms with E-state index >= 15 is 0 Å². The number of guanidine groups is 1. The second-order valence-corrected chi connectivity index (χ2v) is 4.59. The van der Waals surface area contributed by atoms with Crippen LogP contribution >= 0.6 is 24.0 Å². The first-order valence-electron chi connectivity index (χ1n) is 7.10. The van der Waals surface area contributed by atoms with E-state index in [1.165, 1.54) is 6.07 Å². The molecular weight excluding hydrogens is 398 g/mol. The van der Waals surface area contributed by atoms with E-state index in [2.05, 4.69) is 20.9 Å². The fourth-order valence-corrected chi connectivity index (χ4v) is 1.67. The Kier molecular flexibility index (Phi) is 10.5. The van der Waals surface area contributed by atoms with Crippen LogP contribution in [0.4, 0.5) is 4.39 Å². The molecule has 1 rings (SSSR count). The van der Waals surface area contributed by atoms with Crippen molar-refractivity contribution in [3.63, 3.8) is 0 Å². The maximum absolute atomic E-state index is 13.5. The molecule has 124 valence electrons. The van der Waals surface area contributed by atoms with Crippen LogP contribution in [0.2, 0.25) is 0 Å². The Labute approximate surface area is 148 Å². The van der Waals surface area contributed by atoms with E-state index in [4.69, 9.17) is 0 Å². The van der Waals surface area contributed by atoms with Crippen molar-refractivity contribution >= 4 is 35.8 Å². The van der Waals surface area contributed by atoms with Crippen molar-refractivity contribution in [2.24, 2.45) is 4.99 Å². The zero-order valence-corrected chi connectivity index (χ0v) is 15.5. The maximum atomic E-state index is 13.5. The first-order chi connectivity index (χ1) is 10.1. The predicted octanol–water partition coefficient (Wildman–Crippen LogP) is 1.94. The molecule has 0 aliphatic heterocycles. The van der Waals surface area contributed by atoms with Gasteiger partial charge in [0.05, 0.1) is 13.1 Å². The molecule has 0 unspecified atom stereocenters. The molecule has 0 radical (unpaired) electrons. The number of hydrogen-bond acceptors (Lipinski definition) is 2. The van der Waals surface area contributed by atoms with Gasteiger partial charge in [-0.2, -0.15) is 0 Å². The molecular formula is C15H24FIN4O. The Bertz CT molecular complexity index is 508. The number of nitrogens with one attached hydrogen (secondary N) is 3. The quantitative estimate of drug-likeness (QED) is 0.373. The highest BCUT2D eigenvalue weighted by Gasteiger charge is 2.03. The van der Waals surface area contributed by atoms with Crippen LogP contribution in [0.15, 0.2) is 23.2 Å². The van der Waals surface area contributed by atoms with Crippen LogP contribution in [0.3, 0.4) is 0 Å². The molecule has 1 amide bonds. The van der Waals surface area contributed by atoms with Crippen molar-refractivity contribution in [1.29, 1.82) is 0 Å². The summed E-state index contributed by atoms with van der Waals surface area (Å²) < 4.78 is 13.5. The molecule has 1 aromatic rings. The Morgan fingerprint density at radius 1 is 1.18 bits per heavy atom. The first-order valence-corrected chi connectivity index (χ1v) is 7.10. The third-order valence-electron chi connectivity index (χ3n) is 2.79. The van der Waals surface area contributed by atoms with Crippen LogP contribution in [-0.2, 0) is 11.3 Å². The van der Waals surface area contributed by atoms with Crippen molar-refractivity contribution in [3.8, 4) is 0 Å². The van der Waals surface area contributed by atoms with Gasteiger partial charge in [-0.1, -0.05) is 12.1 Å². The van der Waals surface area contributed by atoms with Crippen LogP contribution in [0, 0.1) is 12.7 Å². The number of hydrogen-bond donors (Lipinski definition) is 3. The van der Waals surface area contributed by atoms with E-state index < -0.39 is 0 Å². The molecule has 0 saturated heterocycles. The highest BCUT2D eigenvalue weighted by atomic mass is 127. The van der Waals surface area contributed by atoms with E-state index in [1.807, 2.05) is 19.9 Å². The summed E-state index contributed by atoms with van der Waals surface area (Å²) in [5, 5.41) is 8.67. The van der Waals surface area contributed by atoms with Gasteiger partial charge < -0.3 is 16.0 Å².